The largest absolute Gasteiger partial charge is 0.310 e. The molecule has 102 valence electrons. The molecule has 1 heterocycles. The Morgan fingerprint density at radius 1 is 1.42 bits per heavy atom. The highest BCUT2D eigenvalue weighted by Crippen LogP contribution is 2.21. The number of nitrogens with zero attached hydrogens (tertiary/aromatic N) is 3. The summed E-state index contributed by atoms with van der Waals surface area (Å²) in [4.78, 5) is 4.20. The van der Waals surface area contributed by atoms with Crippen LogP contribution < -0.4 is 5.32 Å². The second kappa shape index (κ2) is 5.93. The quantitative estimate of drug-likeness (QED) is 0.898. The lowest BCUT2D eigenvalue weighted by Crippen LogP contribution is -2.25. The molecule has 0 fully saturated rings. The van der Waals surface area contributed by atoms with Gasteiger partial charge in [0.2, 0.25) is 0 Å². The minimum Gasteiger partial charge on any atom is -0.310 e. The first-order valence-corrected chi connectivity index (χ1v) is 6.44. The number of aryl methyl sites for hydroxylation is 2. The van der Waals surface area contributed by atoms with Gasteiger partial charge < -0.3 is 5.32 Å². The summed E-state index contributed by atoms with van der Waals surface area (Å²) in [5, 5.41) is 7.35. The van der Waals surface area contributed by atoms with Gasteiger partial charge in [-0.05, 0) is 25.1 Å². The minimum absolute atomic E-state index is 0.0894. The van der Waals surface area contributed by atoms with E-state index in [-0.39, 0.29) is 11.9 Å². The molecule has 1 aromatic heterocycles. The molecule has 1 aromatic carbocycles. The smallest absolute Gasteiger partial charge is 0.138 e. The Morgan fingerprint density at radius 2 is 2.21 bits per heavy atom. The van der Waals surface area contributed by atoms with Crippen LogP contribution in [0.25, 0.3) is 0 Å². The van der Waals surface area contributed by atoms with E-state index in [0.717, 1.165) is 17.9 Å². The Labute approximate surface area is 112 Å². The van der Waals surface area contributed by atoms with Crippen molar-refractivity contribution in [1.82, 2.24) is 20.1 Å². The van der Waals surface area contributed by atoms with Crippen LogP contribution in [0.1, 0.15) is 29.9 Å². The molecule has 0 saturated carbocycles. The zero-order valence-electron chi connectivity index (χ0n) is 11.5. The second-order valence-electron chi connectivity index (χ2n) is 4.64. The fourth-order valence-corrected chi connectivity index (χ4v) is 2.14. The zero-order chi connectivity index (χ0) is 13.8. The molecule has 2 rings (SSSR count). The molecule has 2 aromatic rings. The molecule has 1 N–H and O–H groups in total. The van der Waals surface area contributed by atoms with E-state index in [2.05, 4.69) is 15.4 Å². The maximum absolute atomic E-state index is 14.1. The van der Waals surface area contributed by atoms with Crippen molar-refractivity contribution in [3.63, 3.8) is 0 Å². The minimum atomic E-state index is -0.173. The normalized spacial score (nSPS) is 12.6. The summed E-state index contributed by atoms with van der Waals surface area (Å²) in [6.45, 7) is 4.67. The van der Waals surface area contributed by atoms with Crippen LogP contribution in [0.3, 0.4) is 0 Å². The molecular weight excluding hydrogens is 243 g/mol. The third-order valence-corrected chi connectivity index (χ3v) is 3.17. The van der Waals surface area contributed by atoms with Gasteiger partial charge in [-0.3, -0.25) is 4.68 Å². The third-order valence-electron chi connectivity index (χ3n) is 3.17. The van der Waals surface area contributed by atoms with E-state index in [4.69, 9.17) is 0 Å². The monoisotopic (exact) mass is 262 g/mol. The van der Waals surface area contributed by atoms with E-state index in [1.54, 1.807) is 10.7 Å². The number of nitrogens with one attached hydrogen (secondary N) is 1. The molecule has 5 heteroatoms. The Kier molecular flexibility index (Phi) is 4.27. The first-order chi connectivity index (χ1) is 9.11. The van der Waals surface area contributed by atoms with E-state index in [1.165, 1.54) is 6.33 Å². The van der Waals surface area contributed by atoms with Crippen LogP contribution in [0.5, 0.6) is 0 Å². The molecule has 4 nitrogen and oxygen atoms in total. The van der Waals surface area contributed by atoms with Crippen LogP contribution in [0.15, 0.2) is 24.5 Å². The average Bonchev–Trinajstić information content (AvgIpc) is 2.75. The Bertz CT molecular complexity index is 550. The third kappa shape index (κ3) is 3.17. The van der Waals surface area contributed by atoms with E-state index in [9.17, 15) is 4.39 Å². The van der Waals surface area contributed by atoms with Crippen molar-refractivity contribution in [2.45, 2.75) is 26.3 Å². The highest BCUT2D eigenvalue weighted by atomic mass is 19.1. The standard InChI is InChI=1S/C14H19FN4/c1-4-16-13(8-14-17-9-18-19(14)3)11-6-5-10(2)7-12(11)15/h5-7,9,13,16H,4,8H2,1-3H3. The van der Waals surface area contributed by atoms with E-state index in [0.29, 0.717) is 12.0 Å². The van der Waals surface area contributed by atoms with Crippen LogP contribution in [-0.4, -0.2) is 21.3 Å². The average molecular weight is 262 g/mol. The molecular formula is C14H19FN4. The van der Waals surface area contributed by atoms with Crippen LogP contribution >= 0.6 is 0 Å². The molecule has 0 aliphatic carbocycles. The van der Waals surface area contributed by atoms with Gasteiger partial charge in [0.15, 0.2) is 0 Å². The van der Waals surface area contributed by atoms with Crippen LogP contribution in [0.2, 0.25) is 0 Å². The zero-order valence-corrected chi connectivity index (χ0v) is 11.5. The summed E-state index contributed by atoms with van der Waals surface area (Å²) in [6.07, 6.45) is 2.13. The van der Waals surface area contributed by atoms with Crippen LogP contribution in [0, 0.1) is 12.7 Å². The highest BCUT2D eigenvalue weighted by Gasteiger charge is 2.17. The van der Waals surface area contributed by atoms with Crippen molar-refractivity contribution >= 4 is 0 Å². The first kappa shape index (κ1) is 13.7. The van der Waals surface area contributed by atoms with Crippen molar-refractivity contribution in [2.24, 2.45) is 7.05 Å². The lowest BCUT2D eigenvalue weighted by molar-refractivity contribution is 0.492. The lowest BCUT2D eigenvalue weighted by Gasteiger charge is -2.18. The maximum atomic E-state index is 14.1. The van der Waals surface area contributed by atoms with Crippen LogP contribution in [-0.2, 0) is 13.5 Å². The second-order valence-corrected chi connectivity index (χ2v) is 4.64. The summed E-state index contributed by atoms with van der Waals surface area (Å²) in [5.74, 6) is 0.666. The van der Waals surface area contributed by atoms with Gasteiger partial charge in [0.05, 0.1) is 0 Å². The number of rotatable bonds is 5. The first-order valence-electron chi connectivity index (χ1n) is 6.44. The van der Waals surface area contributed by atoms with Gasteiger partial charge in [-0.1, -0.05) is 19.1 Å². The van der Waals surface area contributed by atoms with E-state index in [1.807, 2.05) is 33.0 Å². The molecule has 1 unspecified atom stereocenters. The number of aromatic nitrogens is 3. The molecule has 0 saturated heterocycles. The number of benzene rings is 1. The van der Waals surface area contributed by atoms with Crippen molar-refractivity contribution in [3.8, 4) is 0 Å². The summed E-state index contributed by atoms with van der Waals surface area (Å²) < 4.78 is 15.8. The molecule has 0 radical (unpaired) electrons. The maximum Gasteiger partial charge on any atom is 0.138 e. The number of likely N-dealkylation sites (N-methyl/N-ethyl adjacent to an activating group) is 1. The van der Waals surface area contributed by atoms with Gasteiger partial charge in [-0.25, -0.2) is 9.37 Å². The molecule has 0 spiro atoms. The fourth-order valence-electron chi connectivity index (χ4n) is 2.14. The summed E-state index contributed by atoms with van der Waals surface area (Å²) in [6, 6.07) is 5.25. The summed E-state index contributed by atoms with van der Waals surface area (Å²) in [7, 11) is 1.84. The summed E-state index contributed by atoms with van der Waals surface area (Å²) in [5.41, 5.74) is 1.60. The number of hydrogen-bond acceptors (Lipinski definition) is 3. The molecule has 1 atom stereocenters. The van der Waals surface area contributed by atoms with Crippen LogP contribution in [0.4, 0.5) is 4.39 Å². The molecule has 19 heavy (non-hydrogen) atoms. The lowest BCUT2D eigenvalue weighted by atomic mass is 10.0. The predicted molar refractivity (Wildman–Crippen MR) is 72.3 cm³/mol. The predicted octanol–water partition coefficient (Wildman–Crippen LogP) is 2.16. The Hall–Kier alpha value is -1.75. The van der Waals surface area contributed by atoms with Gasteiger partial charge >= 0.3 is 0 Å². The van der Waals surface area contributed by atoms with Gasteiger partial charge in [0, 0.05) is 25.1 Å². The number of hydrogen-bond donors (Lipinski definition) is 1. The topological polar surface area (TPSA) is 42.7 Å². The fraction of sp³-hybridized carbons (Fsp3) is 0.429. The van der Waals surface area contributed by atoms with E-state index >= 15 is 0 Å². The number of halogens is 1. The van der Waals surface area contributed by atoms with Crippen molar-refractivity contribution in [3.05, 3.63) is 47.3 Å². The van der Waals surface area contributed by atoms with E-state index < -0.39 is 0 Å². The van der Waals surface area contributed by atoms with Gasteiger partial charge in [-0.2, -0.15) is 5.10 Å². The van der Waals surface area contributed by atoms with Crippen molar-refractivity contribution < 1.29 is 4.39 Å². The Balaban J connectivity index is 2.27. The SMILES string of the molecule is CCNC(Cc1ncnn1C)c1ccc(C)cc1F. The molecule has 0 amide bonds. The highest BCUT2D eigenvalue weighted by molar-refractivity contribution is 5.26. The van der Waals surface area contributed by atoms with Gasteiger partial charge in [0.1, 0.15) is 18.0 Å². The molecule has 0 aliphatic heterocycles. The Morgan fingerprint density at radius 3 is 2.79 bits per heavy atom. The molecule has 0 bridgehead atoms. The van der Waals surface area contributed by atoms with Gasteiger partial charge in [0.25, 0.3) is 0 Å². The van der Waals surface area contributed by atoms with Crippen molar-refractivity contribution in [1.29, 1.82) is 0 Å². The molecule has 0 aliphatic rings. The van der Waals surface area contributed by atoms with Crippen molar-refractivity contribution in [2.75, 3.05) is 6.54 Å². The summed E-state index contributed by atoms with van der Waals surface area (Å²) >= 11 is 0. The van der Waals surface area contributed by atoms with Gasteiger partial charge in [-0.15, -0.1) is 0 Å².